The minimum atomic E-state index is -0.661. The predicted octanol–water partition coefficient (Wildman–Crippen LogP) is 23.9. The molecule has 0 aliphatic carbocycles. The molecule has 0 aromatic rings. The third-order valence-corrected chi connectivity index (χ3v) is 17.6. The molecule has 0 aliphatic heterocycles. The highest BCUT2D eigenvalue weighted by Gasteiger charge is 2.20. The highest BCUT2D eigenvalue weighted by atomic mass is 16.5. The van der Waals surface area contributed by atoms with Gasteiger partial charge in [0.25, 0.3) is 0 Å². The summed E-state index contributed by atoms with van der Waals surface area (Å²) in [6, 6.07) is -0.538. The maximum atomic E-state index is 12.5. The quantitative estimate of drug-likeness (QED) is 0.0320. The fraction of sp³-hybridized carbons (Fsp3) is 0.946. The number of esters is 1. The van der Waals surface area contributed by atoms with E-state index in [0.717, 1.165) is 44.9 Å². The molecule has 0 aromatic carbocycles. The number of aliphatic hydroxyl groups is 2. The zero-order chi connectivity index (χ0) is 57.8. The van der Waals surface area contributed by atoms with Crippen molar-refractivity contribution in [2.75, 3.05) is 13.2 Å². The molecule has 80 heavy (non-hydrogen) atoms. The highest BCUT2D eigenvalue weighted by Crippen LogP contribution is 2.20. The summed E-state index contributed by atoms with van der Waals surface area (Å²) in [5, 5.41) is 23.4. The summed E-state index contributed by atoms with van der Waals surface area (Å²) in [6.45, 7) is 4.99. The van der Waals surface area contributed by atoms with Crippen LogP contribution in [-0.2, 0) is 14.3 Å². The average Bonchev–Trinajstić information content (AvgIpc) is 3.46. The molecule has 6 nitrogen and oxygen atoms in total. The van der Waals surface area contributed by atoms with Crippen molar-refractivity contribution < 1.29 is 24.5 Å². The van der Waals surface area contributed by atoms with Crippen molar-refractivity contribution in [2.45, 2.75) is 437 Å². The van der Waals surface area contributed by atoms with Crippen LogP contribution in [0.5, 0.6) is 0 Å². The molecule has 0 saturated carbocycles. The molecule has 0 rings (SSSR count). The smallest absolute Gasteiger partial charge is 0.305 e. The van der Waals surface area contributed by atoms with E-state index in [9.17, 15) is 19.8 Å². The van der Waals surface area contributed by atoms with Gasteiger partial charge in [0.1, 0.15) is 0 Å². The summed E-state index contributed by atoms with van der Waals surface area (Å²) >= 11 is 0. The van der Waals surface area contributed by atoms with Crippen molar-refractivity contribution in [1.29, 1.82) is 0 Å². The van der Waals surface area contributed by atoms with E-state index < -0.39 is 12.1 Å². The Morgan fingerprint density at radius 1 is 0.338 bits per heavy atom. The number of aliphatic hydroxyl groups excluding tert-OH is 2. The van der Waals surface area contributed by atoms with Crippen LogP contribution in [-0.4, -0.2) is 47.4 Å². The minimum Gasteiger partial charge on any atom is -0.466 e. The number of unbranched alkanes of at least 4 members (excludes halogenated alkanes) is 57. The summed E-state index contributed by atoms with van der Waals surface area (Å²) in [6.07, 6.45) is 87.1. The molecule has 6 heteroatoms. The van der Waals surface area contributed by atoms with Gasteiger partial charge in [0.05, 0.1) is 25.4 Å². The molecule has 1 amide bonds. The van der Waals surface area contributed by atoms with Crippen LogP contribution in [0.15, 0.2) is 12.2 Å². The average molecular weight is 1130 g/mol. The number of hydrogen-bond donors (Lipinski definition) is 3. The van der Waals surface area contributed by atoms with Gasteiger partial charge in [0, 0.05) is 12.8 Å². The molecule has 3 N–H and O–H groups in total. The van der Waals surface area contributed by atoms with Gasteiger partial charge in [-0.05, 0) is 51.4 Å². The molecular weight excluding hydrogens is 983 g/mol. The molecule has 2 unspecified atom stereocenters. The predicted molar refractivity (Wildman–Crippen MR) is 352 cm³/mol. The SMILES string of the molecule is CCCCCCCC/C=C\CCCCCCCC(=O)OCCCCCCCCCCCCCCCCCCCCCCCCCCCCCCCCC(=O)NC(CO)C(O)CCCCCCCCCCCCCCCCCCCC. The number of carbonyl (C=O) groups excluding carboxylic acids is 2. The van der Waals surface area contributed by atoms with Gasteiger partial charge in [-0.2, -0.15) is 0 Å². The normalized spacial score (nSPS) is 12.5. The molecule has 2 atom stereocenters. The zero-order valence-electron chi connectivity index (χ0n) is 54.6. The molecule has 476 valence electrons. The molecule has 0 spiro atoms. The summed E-state index contributed by atoms with van der Waals surface area (Å²) < 4.78 is 5.50. The number of amides is 1. The number of carbonyl (C=O) groups is 2. The number of rotatable bonds is 70. The summed E-state index contributed by atoms with van der Waals surface area (Å²) in [5.74, 6) is -0.0133. The van der Waals surface area contributed by atoms with Crippen LogP contribution < -0.4 is 5.32 Å². The van der Waals surface area contributed by atoms with Crippen molar-refractivity contribution in [1.82, 2.24) is 5.32 Å². The van der Waals surface area contributed by atoms with Crippen LogP contribution in [0, 0.1) is 0 Å². The van der Waals surface area contributed by atoms with Gasteiger partial charge in [-0.3, -0.25) is 9.59 Å². The second kappa shape index (κ2) is 70.1. The fourth-order valence-electron chi connectivity index (χ4n) is 11.9. The van der Waals surface area contributed by atoms with E-state index in [2.05, 4.69) is 31.3 Å². The van der Waals surface area contributed by atoms with Crippen LogP contribution in [0.4, 0.5) is 0 Å². The van der Waals surface area contributed by atoms with Crippen LogP contribution in [0.1, 0.15) is 425 Å². The van der Waals surface area contributed by atoms with Gasteiger partial charge in [0.15, 0.2) is 0 Å². The Bertz CT molecular complexity index is 1210. The van der Waals surface area contributed by atoms with Crippen molar-refractivity contribution in [3.05, 3.63) is 12.2 Å². The lowest BCUT2D eigenvalue weighted by molar-refractivity contribution is -0.143. The third kappa shape index (κ3) is 65.7. The Morgan fingerprint density at radius 2 is 0.588 bits per heavy atom. The molecule has 0 fully saturated rings. The van der Waals surface area contributed by atoms with Gasteiger partial charge in [0.2, 0.25) is 5.91 Å². The molecule has 0 aromatic heterocycles. The van der Waals surface area contributed by atoms with Gasteiger partial charge >= 0.3 is 5.97 Å². The number of hydrogen-bond acceptors (Lipinski definition) is 5. The zero-order valence-corrected chi connectivity index (χ0v) is 54.6. The molecule has 0 saturated heterocycles. The van der Waals surface area contributed by atoms with Crippen molar-refractivity contribution >= 4 is 11.9 Å². The first kappa shape index (κ1) is 78.6. The van der Waals surface area contributed by atoms with E-state index in [-0.39, 0.29) is 18.5 Å². The Kier molecular flexibility index (Phi) is 68.9. The lowest BCUT2D eigenvalue weighted by Gasteiger charge is -2.22. The van der Waals surface area contributed by atoms with Crippen LogP contribution in [0.2, 0.25) is 0 Å². The van der Waals surface area contributed by atoms with E-state index >= 15 is 0 Å². The van der Waals surface area contributed by atoms with E-state index in [1.165, 1.54) is 347 Å². The van der Waals surface area contributed by atoms with E-state index in [1.54, 1.807) is 0 Å². The first-order valence-corrected chi connectivity index (χ1v) is 36.9. The number of ether oxygens (including phenoxy) is 1. The summed E-state index contributed by atoms with van der Waals surface area (Å²) in [4.78, 5) is 24.6. The standard InChI is InChI=1S/C74H145NO5/c1-3-5-7-9-11-13-15-17-19-20-35-39-42-46-50-54-58-62-66-72(77)71(70-76)75-73(78)67-63-59-55-51-47-43-40-36-33-31-29-27-25-23-21-22-24-26-28-30-32-34-37-41-45-49-53-57-61-65-69-80-74(79)68-64-60-56-52-48-44-38-18-16-14-12-10-8-6-4-2/h18,38,71-72,76-77H,3-17,19-37,39-70H2,1-2H3,(H,75,78)/b38-18-. The molecular formula is C74H145NO5. The monoisotopic (exact) mass is 1130 g/mol. The van der Waals surface area contributed by atoms with E-state index in [1.807, 2.05) is 0 Å². The second-order valence-corrected chi connectivity index (χ2v) is 25.6. The number of allylic oxidation sites excluding steroid dienone is 2. The maximum Gasteiger partial charge on any atom is 0.305 e. The Labute approximate surface area is 501 Å². The Hall–Kier alpha value is -1.40. The van der Waals surface area contributed by atoms with Gasteiger partial charge in [-0.1, -0.05) is 373 Å². The van der Waals surface area contributed by atoms with Crippen LogP contribution in [0.3, 0.4) is 0 Å². The third-order valence-electron chi connectivity index (χ3n) is 17.6. The summed E-state index contributed by atoms with van der Waals surface area (Å²) in [7, 11) is 0. The van der Waals surface area contributed by atoms with Crippen molar-refractivity contribution in [3.8, 4) is 0 Å². The summed E-state index contributed by atoms with van der Waals surface area (Å²) in [5.41, 5.74) is 0. The number of nitrogens with one attached hydrogen (secondary N) is 1. The first-order valence-electron chi connectivity index (χ1n) is 36.9. The van der Waals surface area contributed by atoms with E-state index in [0.29, 0.717) is 25.9 Å². The van der Waals surface area contributed by atoms with E-state index in [4.69, 9.17) is 4.74 Å². The minimum absolute atomic E-state index is 0.0132. The Balaban J connectivity index is 3.32. The molecule has 0 heterocycles. The highest BCUT2D eigenvalue weighted by molar-refractivity contribution is 5.76. The van der Waals surface area contributed by atoms with Crippen molar-refractivity contribution in [2.24, 2.45) is 0 Å². The molecule has 0 radical (unpaired) electrons. The maximum absolute atomic E-state index is 12.5. The van der Waals surface area contributed by atoms with Crippen LogP contribution >= 0.6 is 0 Å². The van der Waals surface area contributed by atoms with Gasteiger partial charge < -0.3 is 20.3 Å². The van der Waals surface area contributed by atoms with Gasteiger partial charge in [-0.15, -0.1) is 0 Å². The fourth-order valence-corrected chi connectivity index (χ4v) is 11.9. The van der Waals surface area contributed by atoms with Gasteiger partial charge in [-0.25, -0.2) is 0 Å². The van der Waals surface area contributed by atoms with Crippen LogP contribution in [0.25, 0.3) is 0 Å². The largest absolute Gasteiger partial charge is 0.466 e. The second-order valence-electron chi connectivity index (χ2n) is 25.6. The molecule has 0 aliphatic rings. The topological polar surface area (TPSA) is 95.9 Å². The van der Waals surface area contributed by atoms with Crippen molar-refractivity contribution in [3.63, 3.8) is 0 Å². The Morgan fingerprint density at radius 3 is 0.887 bits per heavy atom. The first-order chi connectivity index (χ1) is 39.5. The molecule has 0 bridgehead atoms. The lowest BCUT2D eigenvalue weighted by atomic mass is 10.0. The lowest BCUT2D eigenvalue weighted by Crippen LogP contribution is -2.45.